The standard InChI is InChI=1S/C22H26ClN2O2/c1-16(26)14-25(21(27)17-6-2-4-8-19(17)23)15-22(10-12-24-13-11-22)18-7-3-5-9-20(18)25/h2-9,16,24,26H,10-15H2,1H3/q+1. The van der Waals surface area contributed by atoms with Crippen molar-refractivity contribution < 1.29 is 9.90 Å². The Hall–Kier alpha value is -1.72. The first-order chi connectivity index (χ1) is 13.0. The van der Waals surface area contributed by atoms with Crippen molar-refractivity contribution in [3.05, 3.63) is 64.7 Å². The average molecular weight is 386 g/mol. The van der Waals surface area contributed by atoms with E-state index in [4.69, 9.17) is 11.6 Å². The highest BCUT2D eigenvalue weighted by molar-refractivity contribution is 6.34. The molecule has 0 bridgehead atoms. The molecule has 1 spiro atoms. The first kappa shape index (κ1) is 18.6. The third-order valence-electron chi connectivity index (χ3n) is 6.14. The van der Waals surface area contributed by atoms with Crippen LogP contribution in [0.5, 0.6) is 0 Å². The lowest BCUT2D eigenvalue weighted by Gasteiger charge is -2.37. The number of nitrogens with one attached hydrogen (secondary N) is 1. The molecule has 27 heavy (non-hydrogen) atoms. The molecular weight excluding hydrogens is 360 g/mol. The highest BCUT2D eigenvalue weighted by Gasteiger charge is 2.57. The van der Waals surface area contributed by atoms with Gasteiger partial charge in [-0.25, -0.2) is 9.28 Å². The summed E-state index contributed by atoms with van der Waals surface area (Å²) in [6, 6.07) is 15.5. The summed E-state index contributed by atoms with van der Waals surface area (Å²) >= 11 is 6.40. The number of aliphatic hydroxyl groups is 1. The fourth-order valence-corrected chi connectivity index (χ4v) is 5.28. The molecule has 1 amide bonds. The predicted molar refractivity (Wildman–Crippen MR) is 109 cm³/mol. The van der Waals surface area contributed by atoms with Crippen LogP contribution in [0.25, 0.3) is 0 Å². The Balaban J connectivity index is 1.90. The van der Waals surface area contributed by atoms with Crippen molar-refractivity contribution in [1.82, 2.24) is 9.80 Å². The molecule has 0 aromatic heterocycles. The van der Waals surface area contributed by atoms with Crippen LogP contribution >= 0.6 is 11.6 Å². The van der Waals surface area contributed by atoms with E-state index in [9.17, 15) is 9.90 Å². The molecule has 2 aliphatic heterocycles. The van der Waals surface area contributed by atoms with Crippen LogP contribution in [0.3, 0.4) is 0 Å². The number of halogens is 1. The Morgan fingerprint density at radius 2 is 1.85 bits per heavy atom. The molecular formula is C22H26ClN2O2+. The molecule has 142 valence electrons. The molecule has 0 aliphatic carbocycles. The van der Waals surface area contributed by atoms with Crippen LogP contribution in [-0.2, 0) is 5.41 Å². The molecule has 1 fully saturated rings. The number of piperidine rings is 1. The van der Waals surface area contributed by atoms with Crippen LogP contribution in [0, 0.1) is 0 Å². The second-order valence-corrected chi connectivity index (χ2v) is 8.40. The smallest absolute Gasteiger partial charge is 0.352 e. The Labute approximate surface area is 165 Å². The lowest BCUT2D eigenvalue weighted by Crippen LogP contribution is -2.59. The summed E-state index contributed by atoms with van der Waals surface area (Å²) in [4.78, 5) is 13.9. The number of hydrogen-bond acceptors (Lipinski definition) is 3. The monoisotopic (exact) mass is 385 g/mol. The number of rotatable bonds is 3. The first-order valence-electron chi connectivity index (χ1n) is 9.64. The van der Waals surface area contributed by atoms with Gasteiger partial charge >= 0.3 is 5.91 Å². The minimum Gasteiger partial charge on any atom is -0.388 e. The van der Waals surface area contributed by atoms with Gasteiger partial charge in [-0.2, -0.15) is 0 Å². The summed E-state index contributed by atoms with van der Waals surface area (Å²) in [6.45, 7) is 4.70. The molecule has 0 radical (unpaired) electrons. The van der Waals surface area contributed by atoms with Gasteiger partial charge in [-0.05, 0) is 51.1 Å². The Morgan fingerprint density at radius 1 is 1.19 bits per heavy atom. The maximum absolute atomic E-state index is 13.9. The number of benzene rings is 2. The summed E-state index contributed by atoms with van der Waals surface area (Å²) in [5, 5.41) is 14.3. The number of para-hydroxylation sites is 1. The van der Waals surface area contributed by atoms with E-state index in [1.54, 1.807) is 19.1 Å². The van der Waals surface area contributed by atoms with Gasteiger partial charge in [0.2, 0.25) is 0 Å². The zero-order valence-corrected chi connectivity index (χ0v) is 16.4. The van der Waals surface area contributed by atoms with Gasteiger partial charge in [-0.1, -0.05) is 41.9 Å². The van der Waals surface area contributed by atoms with E-state index in [0.29, 0.717) is 23.7 Å². The number of aliphatic hydroxyl groups excluding tert-OH is 1. The maximum Gasteiger partial charge on any atom is 0.352 e. The molecule has 2 aromatic rings. The average Bonchev–Trinajstić information content (AvgIpc) is 2.92. The zero-order chi connectivity index (χ0) is 19.1. The molecule has 2 heterocycles. The van der Waals surface area contributed by atoms with E-state index in [0.717, 1.165) is 31.6 Å². The number of hydrogen-bond donors (Lipinski definition) is 2. The predicted octanol–water partition coefficient (Wildman–Crippen LogP) is 3.50. The largest absolute Gasteiger partial charge is 0.388 e. The summed E-state index contributed by atoms with van der Waals surface area (Å²) in [5.74, 6) is -0.0237. The highest BCUT2D eigenvalue weighted by Crippen LogP contribution is 2.50. The van der Waals surface area contributed by atoms with E-state index < -0.39 is 6.10 Å². The number of fused-ring (bicyclic) bond motifs is 2. The molecule has 2 atom stereocenters. The molecule has 2 aliphatic rings. The van der Waals surface area contributed by atoms with Crippen molar-refractivity contribution in [3.8, 4) is 0 Å². The molecule has 2 aromatic carbocycles. The third kappa shape index (κ3) is 3.01. The summed E-state index contributed by atoms with van der Waals surface area (Å²) in [6.07, 6.45) is 1.40. The van der Waals surface area contributed by atoms with Gasteiger partial charge in [0, 0.05) is 5.56 Å². The fourth-order valence-electron chi connectivity index (χ4n) is 5.06. The van der Waals surface area contributed by atoms with Crippen molar-refractivity contribution in [2.75, 3.05) is 26.2 Å². The van der Waals surface area contributed by atoms with E-state index in [1.807, 2.05) is 18.2 Å². The lowest BCUT2D eigenvalue weighted by atomic mass is 9.75. The number of nitrogens with zero attached hydrogens (tertiary/aromatic N) is 1. The number of carbonyl (C=O) groups is 1. The van der Waals surface area contributed by atoms with Gasteiger partial charge < -0.3 is 10.4 Å². The quantitative estimate of drug-likeness (QED) is 0.795. The summed E-state index contributed by atoms with van der Waals surface area (Å²) in [5.41, 5.74) is 2.77. The highest BCUT2D eigenvalue weighted by atomic mass is 35.5. The lowest BCUT2D eigenvalue weighted by molar-refractivity contribution is 0.0630. The Kier molecular flexibility index (Phi) is 4.85. The molecule has 1 saturated heterocycles. The van der Waals surface area contributed by atoms with Crippen LogP contribution in [0.2, 0.25) is 5.02 Å². The van der Waals surface area contributed by atoms with Gasteiger partial charge in [0.25, 0.3) is 0 Å². The van der Waals surface area contributed by atoms with Crippen LogP contribution in [-0.4, -0.2) is 43.3 Å². The number of carbonyl (C=O) groups excluding carboxylic acids is 1. The van der Waals surface area contributed by atoms with Gasteiger partial charge in [-0.3, -0.25) is 0 Å². The van der Waals surface area contributed by atoms with Crippen molar-refractivity contribution in [3.63, 3.8) is 0 Å². The van der Waals surface area contributed by atoms with Gasteiger partial charge in [0.05, 0.1) is 16.0 Å². The normalized spacial score (nSPS) is 24.6. The van der Waals surface area contributed by atoms with E-state index >= 15 is 0 Å². The van der Waals surface area contributed by atoms with Crippen molar-refractivity contribution in [1.29, 1.82) is 0 Å². The Morgan fingerprint density at radius 3 is 2.56 bits per heavy atom. The molecule has 2 N–H and O–H groups in total. The van der Waals surface area contributed by atoms with Crippen LogP contribution in [0.4, 0.5) is 5.69 Å². The van der Waals surface area contributed by atoms with Gasteiger partial charge in [-0.15, -0.1) is 0 Å². The topological polar surface area (TPSA) is 49.3 Å². The third-order valence-corrected chi connectivity index (χ3v) is 6.47. The second-order valence-electron chi connectivity index (χ2n) is 7.99. The minimum atomic E-state index is -0.596. The summed E-state index contributed by atoms with van der Waals surface area (Å²) in [7, 11) is 0. The van der Waals surface area contributed by atoms with E-state index in [2.05, 4.69) is 23.5 Å². The number of quaternary nitrogens is 1. The Bertz CT molecular complexity index is 861. The van der Waals surface area contributed by atoms with Crippen molar-refractivity contribution >= 4 is 23.2 Å². The van der Waals surface area contributed by atoms with Crippen LogP contribution in [0.15, 0.2) is 48.5 Å². The molecule has 2 unspecified atom stereocenters. The first-order valence-corrected chi connectivity index (χ1v) is 10.0. The molecule has 4 nitrogen and oxygen atoms in total. The number of amides is 1. The van der Waals surface area contributed by atoms with Crippen molar-refractivity contribution in [2.24, 2.45) is 0 Å². The van der Waals surface area contributed by atoms with Crippen LogP contribution in [0.1, 0.15) is 35.7 Å². The van der Waals surface area contributed by atoms with Gasteiger partial charge in [0.15, 0.2) is 0 Å². The molecule has 0 saturated carbocycles. The maximum atomic E-state index is 13.9. The minimum absolute atomic E-state index is 0.0237. The van der Waals surface area contributed by atoms with E-state index in [1.165, 1.54) is 5.56 Å². The van der Waals surface area contributed by atoms with Crippen molar-refractivity contribution in [2.45, 2.75) is 31.3 Å². The van der Waals surface area contributed by atoms with Crippen LogP contribution < -0.4 is 9.80 Å². The van der Waals surface area contributed by atoms with E-state index in [-0.39, 0.29) is 15.8 Å². The zero-order valence-electron chi connectivity index (χ0n) is 15.6. The van der Waals surface area contributed by atoms with Gasteiger partial charge in [0.1, 0.15) is 24.9 Å². The fraction of sp³-hybridized carbons (Fsp3) is 0.409. The molecule has 4 rings (SSSR count). The SMILES string of the molecule is CC(O)C[N+]1(C(=O)c2ccccc2Cl)CC2(CCNCC2)c2ccccc21. The molecule has 5 heteroatoms. The summed E-state index contributed by atoms with van der Waals surface area (Å²) < 4.78 is 0.136. The second kappa shape index (κ2) is 7.02.